The molecule has 0 amide bonds. The molecule has 0 aliphatic carbocycles. The highest BCUT2D eigenvalue weighted by Crippen LogP contribution is 2.23. The summed E-state index contributed by atoms with van der Waals surface area (Å²) in [5, 5.41) is 0. The van der Waals surface area contributed by atoms with E-state index < -0.39 is 19.0 Å². The Labute approximate surface area is 107 Å². The van der Waals surface area contributed by atoms with Crippen molar-refractivity contribution in [1.29, 1.82) is 0 Å². The van der Waals surface area contributed by atoms with Gasteiger partial charge >= 0.3 is 12.3 Å². The molecule has 18 heavy (non-hydrogen) atoms. The van der Waals surface area contributed by atoms with Gasteiger partial charge in [0.05, 0.1) is 6.61 Å². The topological polar surface area (TPSA) is 35.2 Å². The Hall–Kier alpha value is -1.21. The summed E-state index contributed by atoms with van der Waals surface area (Å²) < 4.78 is 53.5. The van der Waals surface area contributed by atoms with Crippen molar-refractivity contribution < 1.29 is 22.3 Å². The average Bonchev–Trinajstić information content (AvgIpc) is 2.29. The van der Waals surface area contributed by atoms with Gasteiger partial charge in [-0.3, -0.25) is 0 Å². The number of hydrogen-bond acceptors (Lipinski definition) is 2. The fourth-order valence-electron chi connectivity index (χ4n) is 1.25. The minimum absolute atomic E-state index is 0.0924. The maximum Gasteiger partial charge on any atom is 0.330 e. The third kappa shape index (κ3) is 3.92. The molecular weight excluding hydrogens is 270 g/mol. The lowest BCUT2D eigenvalue weighted by atomic mass is 10.1. The van der Waals surface area contributed by atoms with Gasteiger partial charge in [-0.15, -0.1) is 0 Å². The SMILES string of the molecule is NC(=S)c1ccccc1COCC(F)(F)C(F)F. The standard InChI is InChI=1S/C11H11F4NOS/c12-10(13)11(14,15)6-17-5-7-3-1-2-4-8(7)9(16)18/h1-4,10H,5-6H2,(H2,16,18). The lowest BCUT2D eigenvalue weighted by Gasteiger charge is -2.16. The Morgan fingerprint density at radius 3 is 2.50 bits per heavy atom. The van der Waals surface area contributed by atoms with Crippen LogP contribution in [0.1, 0.15) is 11.1 Å². The molecule has 7 heteroatoms. The Bertz CT molecular complexity index is 425. The highest BCUT2D eigenvalue weighted by atomic mass is 32.1. The third-order valence-corrected chi connectivity index (χ3v) is 2.37. The van der Waals surface area contributed by atoms with E-state index in [9.17, 15) is 17.6 Å². The van der Waals surface area contributed by atoms with Crippen LogP contribution in [0.5, 0.6) is 0 Å². The van der Waals surface area contributed by atoms with E-state index in [4.69, 9.17) is 18.0 Å². The van der Waals surface area contributed by atoms with E-state index in [0.717, 1.165) is 0 Å². The lowest BCUT2D eigenvalue weighted by molar-refractivity contribution is -0.168. The fourth-order valence-corrected chi connectivity index (χ4v) is 1.45. The van der Waals surface area contributed by atoms with Crippen molar-refractivity contribution in [2.24, 2.45) is 5.73 Å². The maximum atomic E-state index is 12.6. The summed E-state index contributed by atoms with van der Waals surface area (Å²) in [6.45, 7) is -1.61. The molecule has 0 atom stereocenters. The normalized spacial score (nSPS) is 11.8. The van der Waals surface area contributed by atoms with Gasteiger partial charge in [-0.25, -0.2) is 8.78 Å². The summed E-state index contributed by atoms with van der Waals surface area (Å²) in [6, 6.07) is 6.50. The second kappa shape index (κ2) is 6.10. The van der Waals surface area contributed by atoms with Gasteiger partial charge in [0, 0.05) is 5.56 Å². The zero-order valence-corrected chi connectivity index (χ0v) is 10.0. The molecule has 0 heterocycles. The zero-order valence-electron chi connectivity index (χ0n) is 9.21. The van der Waals surface area contributed by atoms with Crippen molar-refractivity contribution >= 4 is 17.2 Å². The van der Waals surface area contributed by atoms with Crippen LogP contribution in [0.3, 0.4) is 0 Å². The minimum Gasteiger partial charge on any atom is -0.389 e. The predicted octanol–water partition coefficient (Wildman–Crippen LogP) is 2.74. The molecule has 0 radical (unpaired) electrons. The van der Waals surface area contributed by atoms with Crippen molar-refractivity contribution in [3.8, 4) is 0 Å². The van der Waals surface area contributed by atoms with Crippen molar-refractivity contribution in [3.05, 3.63) is 35.4 Å². The second-order valence-electron chi connectivity index (χ2n) is 3.58. The monoisotopic (exact) mass is 281 g/mol. The number of thiocarbonyl (C=S) groups is 1. The maximum absolute atomic E-state index is 12.6. The summed E-state index contributed by atoms with van der Waals surface area (Å²) in [4.78, 5) is 0.0924. The van der Waals surface area contributed by atoms with Gasteiger partial charge in [-0.1, -0.05) is 36.5 Å². The van der Waals surface area contributed by atoms with E-state index in [-0.39, 0.29) is 11.6 Å². The average molecular weight is 281 g/mol. The number of alkyl halides is 4. The molecule has 0 aliphatic heterocycles. The first-order chi connectivity index (χ1) is 8.34. The van der Waals surface area contributed by atoms with Crippen LogP contribution in [0, 0.1) is 0 Å². The van der Waals surface area contributed by atoms with Gasteiger partial charge in [0.15, 0.2) is 0 Å². The Balaban J connectivity index is 2.62. The van der Waals surface area contributed by atoms with Crippen LogP contribution in [-0.4, -0.2) is 23.9 Å². The minimum atomic E-state index is -4.15. The van der Waals surface area contributed by atoms with Crippen LogP contribution in [0.25, 0.3) is 0 Å². The summed E-state index contributed by atoms with van der Waals surface area (Å²) in [7, 11) is 0. The van der Waals surface area contributed by atoms with E-state index in [0.29, 0.717) is 11.1 Å². The molecule has 0 aliphatic rings. The van der Waals surface area contributed by atoms with Crippen molar-refractivity contribution in [3.63, 3.8) is 0 Å². The first-order valence-electron chi connectivity index (χ1n) is 4.96. The molecule has 0 spiro atoms. The molecular formula is C11H11F4NOS. The van der Waals surface area contributed by atoms with Crippen LogP contribution in [0.15, 0.2) is 24.3 Å². The van der Waals surface area contributed by atoms with E-state index >= 15 is 0 Å². The quantitative estimate of drug-likeness (QED) is 0.643. The van der Waals surface area contributed by atoms with Gasteiger partial charge < -0.3 is 10.5 Å². The van der Waals surface area contributed by atoms with E-state index in [1.165, 1.54) is 0 Å². The van der Waals surface area contributed by atoms with Gasteiger partial charge in [-0.2, -0.15) is 8.78 Å². The highest BCUT2D eigenvalue weighted by molar-refractivity contribution is 7.80. The predicted molar refractivity (Wildman–Crippen MR) is 62.9 cm³/mol. The zero-order chi connectivity index (χ0) is 13.8. The summed E-state index contributed by atoms with van der Waals surface area (Å²) in [5.41, 5.74) is 6.39. The molecule has 0 saturated heterocycles. The first kappa shape index (κ1) is 14.8. The molecule has 2 nitrogen and oxygen atoms in total. The molecule has 0 fully saturated rings. The number of halogens is 4. The summed E-state index contributed by atoms with van der Waals surface area (Å²) in [6.07, 6.45) is -3.75. The van der Waals surface area contributed by atoms with Gasteiger partial charge in [-0.05, 0) is 5.56 Å². The van der Waals surface area contributed by atoms with Crippen LogP contribution in [-0.2, 0) is 11.3 Å². The smallest absolute Gasteiger partial charge is 0.330 e. The molecule has 0 unspecified atom stereocenters. The molecule has 0 bridgehead atoms. The van der Waals surface area contributed by atoms with E-state index in [1.54, 1.807) is 24.3 Å². The Morgan fingerprint density at radius 1 is 1.33 bits per heavy atom. The summed E-state index contributed by atoms with van der Waals surface area (Å²) >= 11 is 4.77. The summed E-state index contributed by atoms with van der Waals surface area (Å²) in [5.74, 6) is -4.15. The first-order valence-corrected chi connectivity index (χ1v) is 5.37. The van der Waals surface area contributed by atoms with E-state index in [2.05, 4.69) is 4.74 Å². The van der Waals surface area contributed by atoms with Crippen LogP contribution < -0.4 is 5.73 Å². The Kier molecular flexibility index (Phi) is 5.03. The number of rotatable bonds is 6. The fraction of sp³-hybridized carbons (Fsp3) is 0.364. The largest absolute Gasteiger partial charge is 0.389 e. The number of hydrogen-bond donors (Lipinski definition) is 1. The van der Waals surface area contributed by atoms with Gasteiger partial charge in [0.2, 0.25) is 0 Å². The molecule has 1 aromatic rings. The Morgan fingerprint density at radius 2 is 1.94 bits per heavy atom. The van der Waals surface area contributed by atoms with Crippen LogP contribution in [0.4, 0.5) is 17.6 Å². The molecule has 1 rings (SSSR count). The van der Waals surface area contributed by atoms with Crippen molar-refractivity contribution in [2.45, 2.75) is 19.0 Å². The molecule has 0 aromatic heterocycles. The molecule has 0 saturated carbocycles. The molecule has 100 valence electrons. The van der Waals surface area contributed by atoms with Crippen LogP contribution >= 0.6 is 12.2 Å². The van der Waals surface area contributed by atoms with Crippen molar-refractivity contribution in [1.82, 2.24) is 0 Å². The third-order valence-electron chi connectivity index (χ3n) is 2.15. The number of ether oxygens (including phenoxy) is 1. The molecule has 2 N–H and O–H groups in total. The van der Waals surface area contributed by atoms with E-state index in [1.807, 2.05) is 0 Å². The second-order valence-corrected chi connectivity index (χ2v) is 4.02. The van der Waals surface area contributed by atoms with Gasteiger partial charge in [0.25, 0.3) is 0 Å². The number of benzene rings is 1. The highest BCUT2D eigenvalue weighted by Gasteiger charge is 2.40. The molecule has 1 aromatic carbocycles. The van der Waals surface area contributed by atoms with Crippen LogP contribution in [0.2, 0.25) is 0 Å². The number of nitrogens with two attached hydrogens (primary N) is 1. The lowest BCUT2D eigenvalue weighted by Crippen LogP contribution is -2.32. The van der Waals surface area contributed by atoms with Crippen molar-refractivity contribution in [2.75, 3.05) is 6.61 Å². The van der Waals surface area contributed by atoms with Gasteiger partial charge in [0.1, 0.15) is 11.6 Å².